The number of allylic oxidation sites excluding steroid dienone is 1. The number of hydrogen-bond acceptors (Lipinski definition) is 3. The van der Waals surface area contributed by atoms with Crippen LogP contribution in [0, 0.1) is 5.82 Å². The molecular formula is C18H24FN3O. The number of halogens is 1. The maximum Gasteiger partial charge on any atom is 0.236 e. The summed E-state index contributed by atoms with van der Waals surface area (Å²) in [7, 11) is 0. The second-order valence-electron chi connectivity index (χ2n) is 6.45. The molecule has 23 heavy (non-hydrogen) atoms. The Morgan fingerprint density at radius 2 is 2.13 bits per heavy atom. The summed E-state index contributed by atoms with van der Waals surface area (Å²) in [5, 5.41) is 3.76. The van der Waals surface area contributed by atoms with Crippen LogP contribution in [-0.2, 0) is 4.79 Å². The molecule has 0 fully saturated rings. The molecule has 0 bridgehead atoms. The standard InChI is InChI=1S/C18H24FN3O/c1-6-7-22-17-9-16(19)14(11-20-21-13(3)23)8-15(17)12(2)10-18(22,4)5/h8-11H,6-7H2,1-5H3,(H,21,23)/b20-11-. The highest BCUT2D eigenvalue weighted by Gasteiger charge is 2.31. The average Bonchev–Trinajstić information content (AvgIpc) is 2.43. The molecule has 4 nitrogen and oxygen atoms in total. The van der Waals surface area contributed by atoms with E-state index in [2.05, 4.69) is 42.3 Å². The summed E-state index contributed by atoms with van der Waals surface area (Å²) in [6.45, 7) is 10.7. The highest BCUT2D eigenvalue weighted by molar-refractivity contribution is 5.88. The van der Waals surface area contributed by atoms with Gasteiger partial charge < -0.3 is 4.90 Å². The summed E-state index contributed by atoms with van der Waals surface area (Å²) < 4.78 is 14.4. The molecule has 1 aliphatic rings. The molecule has 0 aliphatic carbocycles. The zero-order valence-corrected chi connectivity index (χ0v) is 14.4. The number of carbonyl (C=O) groups is 1. The summed E-state index contributed by atoms with van der Waals surface area (Å²) >= 11 is 0. The molecule has 0 spiro atoms. The van der Waals surface area contributed by atoms with Gasteiger partial charge in [0.1, 0.15) is 5.82 Å². The van der Waals surface area contributed by atoms with Crippen LogP contribution in [0.2, 0.25) is 0 Å². The predicted molar refractivity (Wildman–Crippen MR) is 93.2 cm³/mol. The van der Waals surface area contributed by atoms with E-state index in [0.717, 1.165) is 29.8 Å². The van der Waals surface area contributed by atoms with E-state index in [-0.39, 0.29) is 17.3 Å². The fourth-order valence-electron chi connectivity index (χ4n) is 3.04. The van der Waals surface area contributed by atoms with Gasteiger partial charge in [-0.25, -0.2) is 9.82 Å². The van der Waals surface area contributed by atoms with Crippen molar-refractivity contribution in [3.05, 3.63) is 35.2 Å². The normalized spacial score (nSPS) is 16.3. The number of anilines is 1. The zero-order chi connectivity index (χ0) is 17.2. The van der Waals surface area contributed by atoms with Gasteiger partial charge in [-0.15, -0.1) is 0 Å². The second kappa shape index (κ2) is 6.52. The first-order chi connectivity index (χ1) is 10.8. The van der Waals surface area contributed by atoms with E-state index in [4.69, 9.17) is 0 Å². The third-order valence-electron chi connectivity index (χ3n) is 3.97. The first-order valence-corrected chi connectivity index (χ1v) is 7.87. The monoisotopic (exact) mass is 317 g/mol. The lowest BCUT2D eigenvalue weighted by molar-refractivity contribution is -0.118. The van der Waals surface area contributed by atoms with E-state index < -0.39 is 0 Å². The molecule has 5 heteroatoms. The Bertz CT molecular complexity index is 677. The van der Waals surface area contributed by atoms with Gasteiger partial charge in [0, 0.05) is 30.3 Å². The number of rotatable bonds is 4. The van der Waals surface area contributed by atoms with Crippen LogP contribution in [0.4, 0.5) is 10.1 Å². The number of amides is 1. The van der Waals surface area contributed by atoms with Crippen molar-refractivity contribution in [1.29, 1.82) is 0 Å². The molecule has 1 aromatic carbocycles. The summed E-state index contributed by atoms with van der Waals surface area (Å²) in [6.07, 6.45) is 4.54. The van der Waals surface area contributed by atoms with E-state index in [1.165, 1.54) is 13.1 Å². The highest BCUT2D eigenvalue weighted by Crippen LogP contribution is 2.39. The van der Waals surface area contributed by atoms with Crippen molar-refractivity contribution in [3.8, 4) is 0 Å². The van der Waals surface area contributed by atoms with E-state index in [9.17, 15) is 9.18 Å². The van der Waals surface area contributed by atoms with Crippen molar-refractivity contribution >= 4 is 23.4 Å². The number of hydrazone groups is 1. The summed E-state index contributed by atoms with van der Waals surface area (Å²) in [5.74, 6) is -0.629. The van der Waals surface area contributed by atoms with Gasteiger partial charge in [-0.05, 0) is 44.9 Å². The minimum absolute atomic E-state index is 0.147. The van der Waals surface area contributed by atoms with Crippen molar-refractivity contribution < 1.29 is 9.18 Å². The number of nitrogens with one attached hydrogen (secondary N) is 1. The van der Waals surface area contributed by atoms with E-state index in [1.807, 2.05) is 6.92 Å². The quantitative estimate of drug-likeness (QED) is 0.679. The first kappa shape index (κ1) is 17.2. The van der Waals surface area contributed by atoms with Gasteiger partial charge in [0.2, 0.25) is 5.91 Å². The van der Waals surface area contributed by atoms with Crippen LogP contribution < -0.4 is 10.3 Å². The van der Waals surface area contributed by atoms with Gasteiger partial charge >= 0.3 is 0 Å². The Morgan fingerprint density at radius 1 is 1.43 bits per heavy atom. The Labute approximate surface area is 137 Å². The van der Waals surface area contributed by atoms with Crippen LogP contribution in [0.1, 0.15) is 52.2 Å². The molecule has 1 heterocycles. The minimum Gasteiger partial charge on any atom is -0.362 e. The van der Waals surface area contributed by atoms with Gasteiger partial charge in [0.05, 0.1) is 11.8 Å². The van der Waals surface area contributed by atoms with Crippen molar-refractivity contribution in [3.63, 3.8) is 0 Å². The molecule has 1 N–H and O–H groups in total. The SMILES string of the molecule is CCCN1c2cc(F)c(/C=N\NC(C)=O)cc2C(C)=CC1(C)C. The van der Waals surface area contributed by atoms with Gasteiger partial charge in [-0.3, -0.25) is 4.79 Å². The predicted octanol–water partition coefficient (Wildman–Crippen LogP) is 3.71. The van der Waals surface area contributed by atoms with Gasteiger partial charge in [-0.1, -0.05) is 13.0 Å². The molecule has 0 unspecified atom stereocenters. The fraction of sp³-hybridized carbons (Fsp3) is 0.444. The summed E-state index contributed by atoms with van der Waals surface area (Å²) in [6, 6.07) is 3.36. The highest BCUT2D eigenvalue weighted by atomic mass is 19.1. The Hall–Kier alpha value is -2.17. The molecule has 124 valence electrons. The summed E-state index contributed by atoms with van der Waals surface area (Å²) in [5.41, 5.74) is 5.54. The topological polar surface area (TPSA) is 44.7 Å². The molecule has 1 aromatic rings. The third kappa shape index (κ3) is 3.60. The molecule has 2 rings (SSSR count). The number of carbonyl (C=O) groups excluding carboxylic acids is 1. The van der Waals surface area contributed by atoms with Crippen LogP contribution >= 0.6 is 0 Å². The van der Waals surface area contributed by atoms with Crippen molar-refractivity contribution in [2.24, 2.45) is 5.10 Å². The van der Waals surface area contributed by atoms with E-state index in [0.29, 0.717) is 5.56 Å². The lowest BCUT2D eigenvalue weighted by Crippen LogP contribution is -2.45. The lowest BCUT2D eigenvalue weighted by atomic mass is 9.88. The van der Waals surface area contributed by atoms with Crippen molar-refractivity contribution in [2.75, 3.05) is 11.4 Å². The molecule has 0 aromatic heterocycles. The van der Waals surface area contributed by atoms with Crippen molar-refractivity contribution in [2.45, 2.75) is 46.6 Å². The molecule has 0 atom stereocenters. The molecule has 0 radical (unpaired) electrons. The van der Waals surface area contributed by atoms with Gasteiger partial charge in [-0.2, -0.15) is 5.10 Å². The Balaban J connectivity index is 2.48. The number of hydrogen-bond donors (Lipinski definition) is 1. The molecular weight excluding hydrogens is 293 g/mol. The number of nitrogens with zero attached hydrogens (tertiary/aromatic N) is 2. The molecule has 0 saturated carbocycles. The largest absolute Gasteiger partial charge is 0.362 e. The Morgan fingerprint density at radius 3 is 2.74 bits per heavy atom. The van der Waals surface area contributed by atoms with E-state index in [1.54, 1.807) is 12.1 Å². The molecule has 1 aliphatic heterocycles. The van der Waals surface area contributed by atoms with Crippen LogP contribution in [-0.4, -0.2) is 24.2 Å². The number of fused-ring (bicyclic) bond motifs is 1. The van der Waals surface area contributed by atoms with Crippen LogP contribution in [0.3, 0.4) is 0 Å². The van der Waals surface area contributed by atoms with Crippen LogP contribution in [0.15, 0.2) is 23.3 Å². The maximum absolute atomic E-state index is 14.4. The van der Waals surface area contributed by atoms with Crippen LogP contribution in [0.25, 0.3) is 5.57 Å². The fourth-order valence-corrected chi connectivity index (χ4v) is 3.04. The Kier molecular flexibility index (Phi) is 4.88. The zero-order valence-electron chi connectivity index (χ0n) is 14.4. The maximum atomic E-state index is 14.4. The summed E-state index contributed by atoms with van der Waals surface area (Å²) in [4.78, 5) is 13.1. The lowest BCUT2D eigenvalue weighted by Gasteiger charge is -2.43. The van der Waals surface area contributed by atoms with E-state index >= 15 is 0 Å². The third-order valence-corrected chi connectivity index (χ3v) is 3.97. The molecule has 1 amide bonds. The second-order valence-corrected chi connectivity index (χ2v) is 6.45. The van der Waals surface area contributed by atoms with Crippen molar-refractivity contribution in [1.82, 2.24) is 5.43 Å². The van der Waals surface area contributed by atoms with Crippen LogP contribution in [0.5, 0.6) is 0 Å². The minimum atomic E-state index is -0.343. The first-order valence-electron chi connectivity index (χ1n) is 7.87. The average molecular weight is 317 g/mol. The van der Waals surface area contributed by atoms with Gasteiger partial charge in [0.15, 0.2) is 0 Å². The van der Waals surface area contributed by atoms with Gasteiger partial charge in [0.25, 0.3) is 0 Å². The smallest absolute Gasteiger partial charge is 0.236 e. The number of benzene rings is 1. The molecule has 0 saturated heterocycles.